The largest absolute Gasteiger partial charge is 0.325 e. The van der Waals surface area contributed by atoms with Crippen LogP contribution in [0.1, 0.15) is 20.8 Å². The van der Waals surface area contributed by atoms with Gasteiger partial charge in [-0.15, -0.1) is 10.2 Å². The van der Waals surface area contributed by atoms with Gasteiger partial charge in [-0.05, 0) is 29.7 Å². The first-order valence-electron chi connectivity index (χ1n) is 8.26. The van der Waals surface area contributed by atoms with Crippen molar-refractivity contribution in [1.29, 1.82) is 0 Å². The molecule has 0 aliphatic rings. The number of nitrogens with zero attached hydrogens (tertiary/aromatic N) is 5. The summed E-state index contributed by atoms with van der Waals surface area (Å²) in [6.45, 7) is 15.2. The van der Waals surface area contributed by atoms with Gasteiger partial charge in [-0.3, -0.25) is 4.40 Å². The molecule has 0 spiro atoms. The lowest BCUT2D eigenvalue weighted by Gasteiger charge is -2.32. The molecule has 0 saturated heterocycles. The van der Waals surface area contributed by atoms with Crippen molar-refractivity contribution in [2.24, 2.45) is 5.41 Å². The van der Waals surface area contributed by atoms with E-state index >= 15 is 0 Å². The first-order valence-corrected chi connectivity index (χ1v) is 8.26. The summed E-state index contributed by atoms with van der Waals surface area (Å²) < 4.78 is 1.90. The van der Waals surface area contributed by atoms with Crippen molar-refractivity contribution in [1.82, 2.24) is 19.6 Å². The number of para-hydroxylation sites is 1. The molecule has 0 fully saturated rings. The summed E-state index contributed by atoms with van der Waals surface area (Å²) >= 11 is 0. The Morgan fingerprint density at radius 3 is 2.68 bits per heavy atom. The molecular weight excluding hydrogens is 310 g/mol. The van der Waals surface area contributed by atoms with Crippen LogP contribution in [-0.2, 0) is 0 Å². The molecule has 0 amide bonds. The van der Waals surface area contributed by atoms with E-state index in [1.165, 1.54) is 0 Å². The van der Waals surface area contributed by atoms with Crippen molar-refractivity contribution in [2.45, 2.75) is 20.8 Å². The molecule has 5 nitrogen and oxygen atoms in total. The summed E-state index contributed by atoms with van der Waals surface area (Å²) in [6, 6.07) is 8.15. The van der Waals surface area contributed by atoms with E-state index in [1.807, 2.05) is 28.7 Å². The van der Waals surface area contributed by atoms with Crippen LogP contribution in [-0.4, -0.2) is 26.1 Å². The fourth-order valence-electron chi connectivity index (χ4n) is 2.86. The quantitative estimate of drug-likeness (QED) is 0.650. The predicted molar refractivity (Wildman–Crippen MR) is 104 cm³/mol. The number of hydrogen-bond donors (Lipinski definition) is 0. The van der Waals surface area contributed by atoms with Gasteiger partial charge >= 0.3 is 0 Å². The van der Waals surface area contributed by atoms with Crippen LogP contribution in [0.2, 0.25) is 0 Å². The number of benzene rings is 1. The van der Waals surface area contributed by atoms with Gasteiger partial charge < -0.3 is 4.90 Å². The Labute approximate surface area is 148 Å². The number of fused-ring (bicyclic) bond motifs is 3. The van der Waals surface area contributed by atoms with Crippen LogP contribution in [0.25, 0.3) is 16.7 Å². The third-order valence-corrected chi connectivity index (χ3v) is 3.84. The number of aromatic nitrogens is 4. The molecule has 1 aromatic carbocycles. The average molecular weight is 333 g/mol. The Bertz CT molecular complexity index is 959. The van der Waals surface area contributed by atoms with Gasteiger partial charge in [0.15, 0.2) is 0 Å². The second-order valence-electron chi connectivity index (χ2n) is 7.13. The molecule has 0 unspecified atom stereocenters. The highest BCUT2D eigenvalue weighted by Gasteiger charge is 2.22. The van der Waals surface area contributed by atoms with E-state index in [0.29, 0.717) is 5.78 Å². The van der Waals surface area contributed by atoms with Crippen molar-refractivity contribution in [2.75, 3.05) is 11.4 Å². The first-order chi connectivity index (χ1) is 11.9. The van der Waals surface area contributed by atoms with Gasteiger partial charge in [0.2, 0.25) is 0 Å². The topological polar surface area (TPSA) is 46.3 Å². The third-order valence-electron chi connectivity index (χ3n) is 3.84. The Morgan fingerprint density at radius 2 is 2.00 bits per heavy atom. The zero-order chi connectivity index (χ0) is 18.0. The van der Waals surface area contributed by atoms with E-state index in [4.69, 9.17) is 4.98 Å². The molecule has 25 heavy (non-hydrogen) atoms. The lowest BCUT2D eigenvalue weighted by Crippen LogP contribution is -2.32. The van der Waals surface area contributed by atoms with Gasteiger partial charge in [-0.2, -0.15) is 4.98 Å². The van der Waals surface area contributed by atoms with E-state index < -0.39 is 0 Å². The molecule has 0 saturated carbocycles. The average Bonchev–Trinajstić information content (AvgIpc) is 3.05. The molecule has 3 aromatic rings. The monoisotopic (exact) mass is 333 g/mol. The summed E-state index contributed by atoms with van der Waals surface area (Å²) in [5.41, 5.74) is 2.03. The lowest BCUT2D eigenvalue weighted by atomic mass is 9.95. The minimum atomic E-state index is 0.0614. The Morgan fingerprint density at radius 1 is 1.24 bits per heavy atom. The van der Waals surface area contributed by atoms with Crippen LogP contribution >= 0.6 is 0 Å². The van der Waals surface area contributed by atoms with Crippen molar-refractivity contribution in [3.05, 3.63) is 67.7 Å². The number of allylic oxidation sites excluding steroid dienone is 3. The number of rotatable bonds is 5. The predicted octanol–water partition coefficient (Wildman–Crippen LogP) is 4.39. The Balaban J connectivity index is 2.31. The Kier molecular flexibility index (Phi) is 4.40. The third kappa shape index (κ3) is 3.31. The molecule has 2 aromatic heterocycles. The minimum Gasteiger partial charge on any atom is -0.325 e. The van der Waals surface area contributed by atoms with E-state index in [1.54, 1.807) is 12.4 Å². The minimum absolute atomic E-state index is 0.0614. The maximum atomic E-state index is 4.79. The highest BCUT2D eigenvalue weighted by molar-refractivity contribution is 5.92. The van der Waals surface area contributed by atoms with Crippen LogP contribution < -0.4 is 4.90 Å². The van der Waals surface area contributed by atoms with Gasteiger partial charge in [0.25, 0.3) is 5.78 Å². The maximum absolute atomic E-state index is 4.79. The second kappa shape index (κ2) is 6.51. The smallest absolute Gasteiger partial charge is 0.257 e. The van der Waals surface area contributed by atoms with E-state index in [0.717, 1.165) is 29.0 Å². The fraction of sp³-hybridized carbons (Fsp3) is 0.250. The van der Waals surface area contributed by atoms with Crippen molar-refractivity contribution in [3.8, 4) is 0 Å². The maximum Gasteiger partial charge on any atom is 0.257 e. The van der Waals surface area contributed by atoms with Crippen LogP contribution in [0.3, 0.4) is 0 Å². The molecule has 0 aliphatic heterocycles. The first kappa shape index (κ1) is 16.9. The highest BCUT2D eigenvalue weighted by atomic mass is 15.3. The van der Waals surface area contributed by atoms with Gasteiger partial charge in [0.1, 0.15) is 12.1 Å². The van der Waals surface area contributed by atoms with Crippen molar-refractivity contribution < 1.29 is 0 Å². The molecule has 0 aliphatic carbocycles. The number of anilines is 1. The van der Waals surface area contributed by atoms with Crippen molar-refractivity contribution in [3.63, 3.8) is 0 Å². The van der Waals surface area contributed by atoms with Crippen molar-refractivity contribution >= 4 is 22.5 Å². The molecule has 0 N–H and O–H groups in total. The molecular formula is C20H23N5. The molecule has 5 heteroatoms. The van der Waals surface area contributed by atoms with Crippen LogP contribution in [0.15, 0.2) is 67.7 Å². The van der Waals surface area contributed by atoms with Crippen LogP contribution in [0.5, 0.6) is 0 Å². The summed E-state index contributed by atoms with van der Waals surface area (Å²) in [5, 5.41) is 9.20. The molecule has 2 heterocycles. The Hall–Kier alpha value is -2.95. The summed E-state index contributed by atoms with van der Waals surface area (Å²) in [7, 11) is 0. The zero-order valence-corrected chi connectivity index (χ0v) is 15.0. The summed E-state index contributed by atoms with van der Waals surface area (Å²) in [4.78, 5) is 6.96. The van der Waals surface area contributed by atoms with Gasteiger partial charge in [0, 0.05) is 17.6 Å². The summed E-state index contributed by atoms with van der Waals surface area (Å²) in [6.07, 6.45) is 7.24. The fourth-order valence-corrected chi connectivity index (χ4v) is 2.86. The molecule has 128 valence electrons. The number of hydrogen-bond acceptors (Lipinski definition) is 4. The van der Waals surface area contributed by atoms with E-state index in [2.05, 4.69) is 61.2 Å². The van der Waals surface area contributed by atoms with Gasteiger partial charge in [-0.1, -0.05) is 52.1 Å². The standard InChI is InChI=1S/C20H23N5/c1-6-10-15(7-2)24(13-20(3,4)5)18-16-11-8-9-12-17(16)25-14-21-23-19(25)22-18/h6-12,14H,1-2,13H2,3-5H3/b15-10+. The van der Waals surface area contributed by atoms with Crippen LogP contribution in [0, 0.1) is 5.41 Å². The zero-order valence-electron chi connectivity index (χ0n) is 15.0. The molecule has 0 bridgehead atoms. The van der Waals surface area contributed by atoms with E-state index in [9.17, 15) is 0 Å². The SMILES string of the molecule is C=C/C=C(\C=C)N(CC(C)(C)C)c1nc2nncn2c2ccccc12. The van der Waals surface area contributed by atoms with E-state index in [-0.39, 0.29) is 5.41 Å². The normalized spacial score (nSPS) is 12.5. The second-order valence-corrected chi connectivity index (χ2v) is 7.13. The molecule has 0 radical (unpaired) electrons. The molecule has 3 rings (SSSR count). The van der Waals surface area contributed by atoms with Crippen LogP contribution in [0.4, 0.5) is 5.82 Å². The molecule has 0 atom stereocenters. The highest BCUT2D eigenvalue weighted by Crippen LogP contribution is 2.31. The summed E-state index contributed by atoms with van der Waals surface area (Å²) in [5.74, 6) is 1.42. The van der Waals surface area contributed by atoms with Gasteiger partial charge in [0.05, 0.1) is 5.52 Å². The van der Waals surface area contributed by atoms with Gasteiger partial charge in [-0.25, -0.2) is 0 Å². The lowest BCUT2D eigenvalue weighted by molar-refractivity contribution is 0.420.